The van der Waals surface area contributed by atoms with E-state index in [9.17, 15) is 13.2 Å². The van der Waals surface area contributed by atoms with Gasteiger partial charge < -0.3 is 10.5 Å². The number of methoxy groups -OCH3 is 1. The van der Waals surface area contributed by atoms with E-state index in [1.165, 1.54) is 13.2 Å². The smallest absolute Gasteiger partial charge is 0.416 e. The summed E-state index contributed by atoms with van der Waals surface area (Å²) in [5.74, 6) is 0.280. The lowest BCUT2D eigenvalue weighted by Crippen LogP contribution is -2.24. The summed E-state index contributed by atoms with van der Waals surface area (Å²) in [5.41, 5.74) is 4.66. The molecule has 1 saturated carbocycles. The monoisotopic (exact) mass is 245 g/mol. The topological polar surface area (TPSA) is 35.2 Å². The first-order valence-corrected chi connectivity index (χ1v) is 5.39. The van der Waals surface area contributed by atoms with Gasteiger partial charge in [-0.05, 0) is 25.0 Å². The molecule has 1 aliphatic carbocycles. The van der Waals surface area contributed by atoms with Crippen molar-refractivity contribution in [2.75, 3.05) is 13.7 Å². The minimum Gasteiger partial charge on any atom is -0.496 e. The van der Waals surface area contributed by atoms with Crippen LogP contribution in [0.4, 0.5) is 13.2 Å². The average molecular weight is 245 g/mol. The summed E-state index contributed by atoms with van der Waals surface area (Å²) < 4.78 is 43.9. The average Bonchev–Trinajstić information content (AvgIpc) is 3.07. The SMILES string of the molecule is COc1cccc(C(F)(F)F)c1C1(CN)CC1. The van der Waals surface area contributed by atoms with Crippen molar-refractivity contribution in [2.24, 2.45) is 5.73 Å². The second-order valence-corrected chi connectivity index (χ2v) is 4.37. The van der Waals surface area contributed by atoms with E-state index in [0.29, 0.717) is 12.8 Å². The number of halogens is 3. The molecule has 0 atom stereocenters. The van der Waals surface area contributed by atoms with E-state index in [4.69, 9.17) is 10.5 Å². The number of alkyl halides is 3. The zero-order valence-electron chi connectivity index (χ0n) is 9.47. The molecule has 0 amide bonds. The maximum absolute atomic E-state index is 13.0. The number of nitrogens with two attached hydrogens (primary N) is 1. The van der Waals surface area contributed by atoms with E-state index in [1.54, 1.807) is 6.07 Å². The highest BCUT2D eigenvalue weighted by molar-refractivity contribution is 5.50. The second kappa shape index (κ2) is 3.91. The molecular weight excluding hydrogens is 231 g/mol. The highest BCUT2D eigenvalue weighted by atomic mass is 19.4. The predicted molar refractivity (Wildman–Crippen MR) is 58.0 cm³/mol. The molecule has 0 radical (unpaired) electrons. The Morgan fingerprint density at radius 3 is 2.41 bits per heavy atom. The zero-order valence-corrected chi connectivity index (χ0v) is 9.47. The number of hydrogen-bond donors (Lipinski definition) is 1. The summed E-state index contributed by atoms with van der Waals surface area (Å²) in [4.78, 5) is 0. The van der Waals surface area contributed by atoms with Crippen LogP contribution in [0, 0.1) is 0 Å². The van der Waals surface area contributed by atoms with Crippen molar-refractivity contribution in [1.29, 1.82) is 0 Å². The van der Waals surface area contributed by atoms with E-state index in [0.717, 1.165) is 6.07 Å². The molecule has 2 nitrogen and oxygen atoms in total. The van der Waals surface area contributed by atoms with E-state index in [-0.39, 0.29) is 17.9 Å². The first kappa shape index (κ1) is 12.2. The lowest BCUT2D eigenvalue weighted by atomic mass is 9.90. The summed E-state index contributed by atoms with van der Waals surface area (Å²) in [6, 6.07) is 4.01. The fraction of sp³-hybridized carbons (Fsp3) is 0.500. The van der Waals surface area contributed by atoms with Crippen molar-refractivity contribution in [2.45, 2.75) is 24.4 Å². The number of benzene rings is 1. The molecule has 0 bridgehead atoms. The Labute approximate surface area is 97.6 Å². The van der Waals surface area contributed by atoms with Crippen LogP contribution >= 0.6 is 0 Å². The molecule has 17 heavy (non-hydrogen) atoms. The molecule has 1 aromatic rings. The molecule has 2 rings (SSSR count). The zero-order chi connectivity index (χ0) is 12.7. The standard InChI is InChI=1S/C12H14F3NO/c1-17-9-4-2-3-8(12(13,14)15)10(9)11(7-16)5-6-11/h2-4H,5-7,16H2,1H3. The van der Waals surface area contributed by atoms with Gasteiger partial charge in [0, 0.05) is 17.5 Å². The first-order chi connectivity index (χ1) is 7.94. The van der Waals surface area contributed by atoms with E-state index in [2.05, 4.69) is 0 Å². The van der Waals surface area contributed by atoms with E-state index in [1.807, 2.05) is 0 Å². The Bertz CT molecular complexity index is 424. The largest absolute Gasteiger partial charge is 0.496 e. The van der Waals surface area contributed by atoms with Crippen LogP contribution in [0.25, 0.3) is 0 Å². The highest BCUT2D eigenvalue weighted by Crippen LogP contribution is 2.54. The van der Waals surface area contributed by atoms with Crippen molar-refractivity contribution < 1.29 is 17.9 Å². The molecule has 0 spiro atoms. The van der Waals surface area contributed by atoms with Gasteiger partial charge in [-0.25, -0.2) is 0 Å². The van der Waals surface area contributed by atoms with Crippen molar-refractivity contribution in [1.82, 2.24) is 0 Å². The van der Waals surface area contributed by atoms with Gasteiger partial charge in [-0.1, -0.05) is 6.07 Å². The van der Waals surface area contributed by atoms with E-state index < -0.39 is 17.2 Å². The van der Waals surface area contributed by atoms with Gasteiger partial charge in [0.05, 0.1) is 12.7 Å². The second-order valence-electron chi connectivity index (χ2n) is 4.37. The van der Waals surface area contributed by atoms with Crippen LogP contribution in [0.2, 0.25) is 0 Å². The van der Waals surface area contributed by atoms with Gasteiger partial charge in [-0.3, -0.25) is 0 Å². The van der Waals surface area contributed by atoms with Crippen LogP contribution < -0.4 is 10.5 Å². The van der Waals surface area contributed by atoms with Crippen LogP contribution in [0.3, 0.4) is 0 Å². The molecule has 0 unspecified atom stereocenters. The molecule has 1 aliphatic rings. The number of hydrogen-bond acceptors (Lipinski definition) is 2. The van der Waals surface area contributed by atoms with E-state index >= 15 is 0 Å². The lowest BCUT2D eigenvalue weighted by Gasteiger charge is -2.22. The third kappa shape index (κ3) is 1.99. The first-order valence-electron chi connectivity index (χ1n) is 5.39. The lowest BCUT2D eigenvalue weighted by molar-refractivity contribution is -0.138. The quantitative estimate of drug-likeness (QED) is 0.888. The van der Waals surface area contributed by atoms with Crippen molar-refractivity contribution in [3.8, 4) is 5.75 Å². The molecule has 0 aromatic heterocycles. The van der Waals surface area contributed by atoms with Crippen molar-refractivity contribution in [3.05, 3.63) is 29.3 Å². The predicted octanol–water partition coefficient (Wildman–Crippen LogP) is 2.70. The minimum absolute atomic E-state index is 0.219. The molecule has 1 aromatic carbocycles. The maximum atomic E-state index is 13.0. The molecule has 0 aliphatic heterocycles. The molecule has 94 valence electrons. The summed E-state index contributed by atoms with van der Waals surface area (Å²) in [7, 11) is 1.38. The van der Waals surface area contributed by atoms with Crippen LogP contribution in [0.1, 0.15) is 24.0 Å². The summed E-state index contributed by atoms with van der Waals surface area (Å²) in [5, 5.41) is 0. The molecule has 0 saturated heterocycles. The van der Waals surface area contributed by atoms with Crippen molar-refractivity contribution >= 4 is 0 Å². The summed E-state index contributed by atoms with van der Waals surface area (Å²) >= 11 is 0. The molecule has 1 fully saturated rings. The highest BCUT2D eigenvalue weighted by Gasteiger charge is 2.50. The molecule has 0 heterocycles. The minimum atomic E-state index is -4.37. The Morgan fingerprint density at radius 1 is 1.35 bits per heavy atom. The molecular formula is C12H14F3NO. The Hall–Kier alpha value is -1.23. The Kier molecular flexibility index (Phi) is 2.81. The van der Waals surface area contributed by atoms with Gasteiger partial charge in [-0.15, -0.1) is 0 Å². The van der Waals surface area contributed by atoms with Gasteiger partial charge in [0.1, 0.15) is 5.75 Å². The normalized spacial score (nSPS) is 17.9. The number of rotatable bonds is 3. The van der Waals surface area contributed by atoms with Gasteiger partial charge in [0.2, 0.25) is 0 Å². The van der Waals surface area contributed by atoms with Gasteiger partial charge in [0.15, 0.2) is 0 Å². The van der Waals surface area contributed by atoms with Crippen LogP contribution in [0.5, 0.6) is 5.75 Å². The van der Waals surface area contributed by atoms with Crippen molar-refractivity contribution in [3.63, 3.8) is 0 Å². The molecule has 5 heteroatoms. The van der Waals surface area contributed by atoms with Gasteiger partial charge >= 0.3 is 6.18 Å². The third-order valence-electron chi connectivity index (χ3n) is 3.33. The summed E-state index contributed by atoms with van der Waals surface area (Å²) in [6.45, 7) is 0.219. The van der Waals surface area contributed by atoms with Crippen LogP contribution in [-0.2, 0) is 11.6 Å². The Morgan fingerprint density at radius 2 is 2.00 bits per heavy atom. The van der Waals surface area contributed by atoms with Gasteiger partial charge in [0.25, 0.3) is 0 Å². The summed E-state index contributed by atoms with van der Waals surface area (Å²) in [6.07, 6.45) is -2.99. The van der Waals surface area contributed by atoms with Crippen LogP contribution in [0.15, 0.2) is 18.2 Å². The van der Waals surface area contributed by atoms with Crippen LogP contribution in [-0.4, -0.2) is 13.7 Å². The third-order valence-corrected chi connectivity index (χ3v) is 3.33. The fourth-order valence-corrected chi connectivity index (χ4v) is 2.19. The Balaban J connectivity index is 2.61. The molecule has 2 N–H and O–H groups in total. The van der Waals surface area contributed by atoms with Gasteiger partial charge in [-0.2, -0.15) is 13.2 Å². The maximum Gasteiger partial charge on any atom is 0.416 e. The fourth-order valence-electron chi connectivity index (χ4n) is 2.19. The number of ether oxygens (including phenoxy) is 1.